The van der Waals surface area contributed by atoms with Crippen LogP contribution in [0.3, 0.4) is 0 Å². The van der Waals surface area contributed by atoms with Gasteiger partial charge in [0.05, 0.1) is 28.1 Å². The predicted molar refractivity (Wildman–Crippen MR) is 89.3 cm³/mol. The zero-order valence-corrected chi connectivity index (χ0v) is 14.1. The Hall–Kier alpha value is -2.76. The van der Waals surface area contributed by atoms with E-state index in [1.807, 2.05) is 6.07 Å². The molecule has 0 N–H and O–H groups in total. The van der Waals surface area contributed by atoms with Crippen molar-refractivity contribution >= 4 is 35.2 Å². The zero-order valence-electron chi connectivity index (χ0n) is 12.6. The van der Waals surface area contributed by atoms with Gasteiger partial charge in [0.2, 0.25) is 0 Å². The van der Waals surface area contributed by atoms with Gasteiger partial charge in [-0.05, 0) is 24.3 Å². The largest absolute Gasteiger partial charge is 0.463 e. The summed E-state index contributed by atoms with van der Waals surface area (Å²) in [4.78, 5) is 4.14. The molecule has 0 aliphatic carbocycles. The van der Waals surface area contributed by atoms with Crippen LogP contribution in [0.4, 0.5) is 19.0 Å². The molecule has 5 nitrogen and oxygen atoms in total. The fourth-order valence-corrected chi connectivity index (χ4v) is 2.76. The Morgan fingerprint density at radius 2 is 1.92 bits per heavy atom. The fraction of sp³-hybridized carbons (Fsp3) is 0.0625. The number of nitrogens with zero attached hydrogens (tertiary/aromatic N) is 4. The quantitative estimate of drug-likeness (QED) is 0.553. The van der Waals surface area contributed by atoms with E-state index in [2.05, 4.69) is 10.1 Å². The number of hydrogen-bond donors (Lipinski definition) is 0. The summed E-state index contributed by atoms with van der Waals surface area (Å²) in [6.45, 7) is 0. The molecule has 132 valence electrons. The summed E-state index contributed by atoms with van der Waals surface area (Å²) in [6.07, 6.45) is -1.79. The predicted octanol–water partition coefficient (Wildman–Crippen LogP) is 5.41. The van der Waals surface area contributed by atoms with Crippen molar-refractivity contribution in [1.29, 1.82) is 5.26 Å². The van der Waals surface area contributed by atoms with Crippen LogP contribution >= 0.6 is 23.2 Å². The number of rotatable bonds is 3. The molecule has 0 atom stereocenters. The summed E-state index contributed by atoms with van der Waals surface area (Å²) in [7, 11) is 0. The first-order valence-electron chi connectivity index (χ1n) is 6.94. The van der Waals surface area contributed by atoms with Crippen LogP contribution in [0.5, 0.6) is 0 Å². The highest BCUT2D eigenvalue weighted by Gasteiger charge is 2.32. The van der Waals surface area contributed by atoms with E-state index in [4.69, 9.17) is 32.9 Å². The highest BCUT2D eigenvalue weighted by molar-refractivity contribution is 6.38. The second kappa shape index (κ2) is 6.86. The van der Waals surface area contributed by atoms with E-state index in [9.17, 15) is 13.2 Å². The first-order chi connectivity index (χ1) is 12.3. The van der Waals surface area contributed by atoms with Crippen molar-refractivity contribution in [3.63, 3.8) is 0 Å². The van der Waals surface area contributed by atoms with Crippen LogP contribution in [-0.2, 0) is 6.18 Å². The van der Waals surface area contributed by atoms with E-state index >= 15 is 0 Å². The summed E-state index contributed by atoms with van der Waals surface area (Å²) in [5.74, 6) is 0.572. The number of alkyl halides is 3. The third-order valence-corrected chi connectivity index (χ3v) is 3.80. The van der Waals surface area contributed by atoms with Gasteiger partial charge in [-0.25, -0.2) is 9.67 Å². The van der Waals surface area contributed by atoms with E-state index in [-0.39, 0.29) is 27.2 Å². The fourth-order valence-electron chi connectivity index (χ4n) is 2.11. The van der Waals surface area contributed by atoms with Crippen molar-refractivity contribution < 1.29 is 17.6 Å². The highest BCUT2D eigenvalue weighted by Crippen LogP contribution is 2.38. The van der Waals surface area contributed by atoms with Gasteiger partial charge in [0.1, 0.15) is 17.5 Å². The minimum atomic E-state index is -4.60. The molecule has 0 spiro atoms. The third-order valence-electron chi connectivity index (χ3n) is 3.23. The van der Waals surface area contributed by atoms with Crippen LogP contribution < -0.4 is 0 Å². The van der Waals surface area contributed by atoms with E-state index in [0.29, 0.717) is 5.76 Å². The van der Waals surface area contributed by atoms with Gasteiger partial charge in [-0.1, -0.05) is 23.2 Å². The van der Waals surface area contributed by atoms with Crippen molar-refractivity contribution in [3.8, 4) is 11.8 Å². The van der Waals surface area contributed by atoms with Gasteiger partial charge in [-0.15, -0.1) is 0 Å². The Labute approximate surface area is 154 Å². The molecule has 0 radical (unpaired) electrons. The number of hydrogen-bond acceptors (Lipinski definition) is 4. The van der Waals surface area contributed by atoms with Crippen LogP contribution in [0, 0.1) is 11.3 Å². The van der Waals surface area contributed by atoms with Crippen molar-refractivity contribution in [2.24, 2.45) is 4.99 Å². The lowest BCUT2D eigenvalue weighted by atomic mass is 10.2. The molecule has 2 heterocycles. The topological polar surface area (TPSA) is 67.1 Å². The van der Waals surface area contributed by atoms with Crippen LogP contribution in [0.25, 0.3) is 5.69 Å². The summed E-state index contributed by atoms with van der Waals surface area (Å²) >= 11 is 12.0. The molecular formula is C16H7Cl2F3N4O. The number of furan rings is 1. The Morgan fingerprint density at radius 3 is 2.46 bits per heavy atom. The van der Waals surface area contributed by atoms with Gasteiger partial charge in [-0.2, -0.15) is 23.5 Å². The summed E-state index contributed by atoms with van der Waals surface area (Å²) in [6, 6.07) is 7.93. The lowest BCUT2D eigenvalue weighted by Gasteiger charge is -2.13. The average molecular weight is 399 g/mol. The van der Waals surface area contributed by atoms with Gasteiger partial charge in [0, 0.05) is 6.07 Å². The maximum absolute atomic E-state index is 12.9. The molecule has 1 aromatic carbocycles. The molecule has 26 heavy (non-hydrogen) atoms. The Kier molecular flexibility index (Phi) is 4.76. The maximum Gasteiger partial charge on any atom is 0.416 e. The Bertz CT molecular complexity index is 994. The molecule has 2 aromatic heterocycles. The van der Waals surface area contributed by atoms with Crippen molar-refractivity contribution in [3.05, 3.63) is 63.7 Å². The Morgan fingerprint density at radius 1 is 1.23 bits per heavy atom. The molecule has 3 rings (SSSR count). The van der Waals surface area contributed by atoms with Gasteiger partial charge >= 0.3 is 6.18 Å². The third kappa shape index (κ3) is 3.59. The number of aliphatic imine (C=N–C) groups is 1. The van der Waals surface area contributed by atoms with Crippen molar-refractivity contribution in [2.45, 2.75) is 6.18 Å². The van der Waals surface area contributed by atoms with Crippen LogP contribution in [0.2, 0.25) is 10.0 Å². The number of benzene rings is 1. The smallest absolute Gasteiger partial charge is 0.416 e. The standard InChI is InChI=1S/C16H7Cl2F3N4O/c17-12-4-9(16(19,20)21)5-13(18)15(12)25-14(6-10(7-22)24-25)23-8-11-2-1-3-26-11/h1-6,8H/b23-8+. The summed E-state index contributed by atoms with van der Waals surface area (Å²) in [5, 5.41) is 12.5. The van der Waals surface area contributed by atoms with E-state index in [1.54, 1.807) is 12.1 Å². The monoisotopic (exact) mass is 398 g/mol. The van der Waals surface area contributed by atoms with E-state index < -0.39 is 11.7 Å². The zero-order chi connectivity index (χ0) is 18.9. The first-order valence-corrected chi connectivity index (χ1v) is 7.69. The number of nitriles is 1. The molecular weight excluding hydrogens is 392 g/mol. The molecule has 0 amide bonds. The maximum atomic E-state index is 12.9. The lowest BCUT2D eigenvalue weighted by molar-refractivity contribution is -0.137. The van der Waals surface area contributed by atoms with Gasteiger partial charge < -0.3 is 4.42 Å². The normalized spacial score (nSPS) is 11.8. The second-order valence-corrected chi connectivity index (χ2v) is 5.79. The lowest BCUT2D eigenvalue weighted by Crippen LogP contribution is -2.07. The van der Waals surface area contributed by atoms with Crippen molar-refractivity contribution in [1.82, 2.24) is 9.78 Å². The molecule has 0 saturated heterocycles. The minimum Gasteiger partial charge on any atom is -0.463 e. The highest BCUT2D eigenvalue weighted by atomic mass is 35.5. The van der Waals surface area contributed by atoms with E-state index in [1.165, 1.54) is 18.5 Å². The SMILES string of the molecule is N#Cc1cc(/N=C/c2ccco2)n(-c2c(Cl)cc(C(F)(F)F)cc2Cl)n1. The van der Waals surface area contributed by atoms with Gasteiger partial charge in [0.25, 0.3) is 0 Å². The molecule has 0 fully saturated rings. The second-order valence-electron chi connectivity index (χ2n) is 4.97. The average Bonchev–Trinajstić information content (AvgIpc) is 3.21. The van der Waals surface area contributed by atoms with E-state index in [0.717, 1.165) is 16.8 Å². The molecule has 0 aliphatic rings. The summed E-state index contributed by atoms with van der Waals surface area (Å²) in [5.41, 5.74) is -1.03. The van der Waals surface area contributed by atoms with Crippen LogP contribution in [-0.4, -0.2) is 16.0 Å². The molecule has 3 aromatic rings. The number of aromatic nitrogens is 2. The molecule has 0 bridgehead atoms. The molecule has 10 heteroatoms. The molecule has 0 aliphatic heterocycles. The molecule has 0 saturated carbocycles. The number of halogens is 5. The molecule has 0 unspecified atom stereocenters. The van der Waals surface area contributed by atoms with Crippen molar-refractivity contribution in [2.75, 3.05) is 0 Å². The minimum absolute atomic E-state index is 0.0105. The Balaban J connectivity index is 2.12. The summed E-state index contributed by atoms with van der Waals surface area (Å²) < 4.78 is 44.9. The van der Waals surface area contributed by atoms with Gasteiger partial charge in [0.15, 0.2) is 11.5 Å². The first kappa shape index (κ1) is 18.0. The van der Waals surface area contributed by atoms with Gasteiger partial charge in [-0.3, -0.25) is 0 Å². The van der Waals surface area contributed by atoms with Crippen LogP contribution in [0.15, 0.2) is 46.0 Å². The van der Waals surface area contributed by atoms with Crippen LogP contribution in [0.1, 0.15) is 17.0 Å².